The predicted molar refractivity (Wildman–Crippen MR) is 98.3 cm³/mol. The van der Waals surface area contributed by atoms with Crippen LogP contribution < -0.4 is 9.80 Å². The van der Waals surface area contributed by atoms with Crippen molar-refractivity contribution in [1.29, 1.82) is 0 Å². The Kier molecular flexibility index (Phi) is 5.01. The molecule has 0 aromatic carbocycles. The molecule has 2 aromatic heterocycles. The van der Waals surface area contributed by atoms with E-state index in [0.29, 0.717) is 78.9 Å². The second kappa shape index (κ2) is 7.24. The molecule has 0 spiro atoms. The number of aromatic nitrogens is 4. The van der Waals surface area contributed by atoms with Crippen LogP contribution in [-0.4, -0.2) is 75.4 Å². The smallest absolute Gasteiger partial charge is 0.226 e. The largest absolute Gasteiger partial charge is 0.616 e. The maximum absolute atomic E-state index is 11.6. The first kappa shape index (κ1) is 17.3. The molecule has 0 bridgehead atoms. The third kappa shape index (κ3) is 3.56. The van der Waals surface area contributed by atoms with E-state index in [0.717, 1.165) is 0 Å². The van der Waals surface area contributed by atoms with Crippen molar-refractivity contribution >= 4 is 57.2 Å². The van der Waals surface area contributed by atoms with Crippen molar-refractivity contribution in [1.82, 2.24) is 19.9 Å². The maximum atomic E-state index is 11.6. The molecule has 2 saturated heterocycles. The summed E-state index contributed by atoms with van der Waals surface area (Å²) in [6.45, 7) is 3.88. The molecular formula is C14H16Cl2N6O2S. The third-order valence-electron chi connectivity index (χ3n) is 4.21. The fraction of sp³-hybridized carbons (Fsp3) is 0.571. The molecule has 0 amide bonds. The van der Waals surface area contributed by atoms with Crippen molar-refractivity contribution in [2.45, 2.75) is 0 Å². The van der Waals surface area contributed by atoms with E-state index in [2.05, 4.69) is 19.9 Å². The Morgan fingerprint density at radius 2 is 1.56 bits per heavy atom. The third-order valence-corrected chi connectivity index (χ3v) is 5.91. The van der Waals surface area contributed by atoms with Crippen LogP contribution in [0.3, 0.4) is 0 Å². The van der Waals surface area contributed by atoms with E-state index < -0.39 is 11.2 Å². The molecule has 2 aliphatic rings. The van der Waals surface area contributed by atoms with Crippen molar-refractivity contribution in [2.75, 3.05) is 60.7 Å². The minimum atomic E-state index is -0.777. The fourth-order valence-electron chi connectivity index (χ4n) is 2.92. The van der Waals surface area contributed by atoms with Gasteiger partial charge in [0.15, 0.2) is 28.0 Å². The first-order chi connectivity index (χ1) is 12.1. The van der Waals surface area contributed by atoms with Gasteiger partial charge in [-0.2, -0.15) is 9.97 Å². The van der Waals surface area contributed by atoms with Gasteiger partial charge in [-0.1, -0.05) is 22.8 Å². The molecule has 11 heteroatoms. The summed E-state index contributed by atoms with van der Waals surface area (Å²) in [5, 5.41) is 0.414. The van der Waals surface area contributed by atoms with Crippen molar-refractivity contribution in [3.63, 3.8) is 0 Å². The molecule has 0 atom stereocenters. The van der Waals surface area contributed by atoms with Crippen LogP contribution in [-0.2, 0) is 15.9 Å². The number of ether oxygens (including phenoxy) is 1. The Balaban J connectivity index is 1.75. The molecule has 0 N–H and O–H groups in total. The summed E-state index contributed by atoms with van der Waals surface area (Å²) in [6, 6.07) is 0. The molecule has 0 radical (unpaired) electrons. The monoisotopic (exact) mass is 402 g/mol. The molecule has 25 heavy (non-hydrogen) atoms. The van der Waals surface area contributed by atoms with Gasteiger partial charge in [0, 0.05) is 13.1 Å². The summed E-state index contributed by atoms with van der Waals surface area (Å²) in [7, 11) is 0. The number of anilines is 2. The Morgan fingerprint density at radius 3 is 2.28 bits per heavy atom. The summed E-state index contributed by atoms with van der Waals surface area (Å²) in [5.41, 5.74) is 0.938. The maximum Gasteiger partial charge on any atom is 0.226 e. The van der Waals surface area contributed by atoms with Gasteiger partial charge in [-0.3, -0.25) is 0 Å². The van der Waals surface area contributed by atoms with Crippen LogP contribution in [0.25, 0.3) is 11.2 Å². The van der Waals surface area contributed by atoms with Crippen LogP contribution in [0.15, 0.2) is 0 Å². The number of hydrogen-bond acceptors (Lipinski definition) is 8. The van der Waals surface area contributed by atoms with E-state index in [9.17, 15) is 4.55 Å². The van der Waals surface area contributed by atoms with Gasteiger partial charge in [-0.25, -0.2) is 9.97 Å². The number of nitrogens with zero attached hydrogens (tertiary/aromatic N) is 6. The molecule has 2 aliphatic heterocycles. The molecule has 0 unspecified atom stereocenters. The first-order valence-electron chi connectivity index (χ1n) is 7.95. The summed E-state index contributed by atoms with van der Waals surface area (Å²) in [5.74, 6) is 2.37. The van der Waals surface area contributed by atoms with E-state index in [1.165, 1.54) is 0 Å². The topological polar surface area (TPSA) is 90.3 Å². The van der Waals surface area contributed by atoms with E-state index >= 15 is 0 Å². The molecule has 4 rings (SSSR count). The lowest BCUT2D eigenvalue weighted by Crippen LogP contribution is -2.41. The summed E-state index contributed by atoms with van der Waals surface area (Å²) in [6.07, 6.45) is 0. The number of rotatable bonds is 2. The number of halogens is 2. The van der Waals surface area contributed by atoms with Gasteiger partial charge in [0.2, 0.25) is 5.28 Å². The van der Waals surface area contributed by atoms with E-state index in [4.69, 9.17) is 27.9 Å². The number of fused-ring (bicyclic) bond motifs is 1. The summed E-state index contributed by atoms with van der Waals surface area (Å²) >= 11 is 11.7. The molecule has 8 nitrogen and oxygen atoms in total. The molecule has 0 aliphatic carbocycles. The fourth-order valence-corrected chi connectivity index (χ4v) is 4.38. The Morgan fingerprint density at radius 1 is 0.880 bits per heavy atom. The lowest BCUT2D eigenvalue weighted by molar-refractivity contribution is 0.122. The highest BCUT2D eigenvalue weighted by Crippen LogP contribution is 2.30. The lowest BCUT2D eigenvalue weighted by Gasteiger charge is -2.30. The Bertz CT molecular complexity index is 783. The molecule has 134 valence electrons. The van der Waals surface area contributed by atoms with Crippen molar-refractivity contribution in [3.05, 3.63) is 10.4 Å². The van der Waals surface area contributed by atoms with Gasteiger partial charge in [0.05, 0.1) is 26.3 Å². The Labute approximate surface area is 157 Å². The highest BCUT2D eigenvalue weighted by atomic mass is 35.5. The summed E-state index contributed by atoms with van der Waals surface area (Å²) < 4.78 is 16.9. The second-order valence-corrected chi connectivity index (χ2v) is 8.15. The van der Waals surface area contributed by atoms with Crippen LogP contribution in [0.5, 0.6) is 0 Å². The average molecular weight is 403 g/mol. The zero-order valence-corrected chi connectivity index (χ0v) is 15.6. The van der Waals surface area contributed by atoms with Gasteiger partial charge in [0.25, 0.3) is 0 Å². The SMILES string of the molecule is [O-][S+]1CCN(c2nc3nc(Cl)nc(N4CCOCC4)c3nc2Cl)CC1. The van der Waals surface area contributed by atoms with E-state index in [-0.39, 0.29) is 5.28 Å². The molecule has 0 saturated carbocycles. The summed E-state index contributed by atoms with van der Waals surface area (Å²) in [4.78, 5) is 21.7. The van der Waals surface area contributed by atoms with Crippen molar-refractivity contribution in [2.24, 2.45) is 0 Å². The average Bonchev–Trinajstić information content (AvgIpc) is 2.62. The highest BCUT2D eigenvalue weighted by Gasteiger charge is 2.25. The zero-order valence-electron chi connectivity index (χ0n) is 13.3. The Hall–Kier alpha value is -1.13. The lowest BCUT2D eigenvalue weighted by atomic mass is 10.3. The van der Waals surface area contributed by atoms with E-state index in [1.807, 2.05) is 9.80 Å². The van der Waals surface area contributed by atoms with Crippen LogP contribution in [0.1, 0.15) is 0 Å². The highest BCUT2D eigenvalue weighted by molar-refractivity contribution is 7.91. The minimum Gasteiger partial charge on any atom is -0.616 e. The van der Waals surface area contributed by atoms with Crippen LogP contribution in [0.2, 0.25) is 10.4 Å². The van der Waals surface area contributed by atoms with Crippen LogP contribution >= 0.6 is 23.2 Å². The number of hydrogen-bond donors (Lipinski definition) is 0. The van der Waals surface area contributed by atoms with Crippen molar-refractivity contribution in [3.8, 4) is 0 Å². The number of morpholine rings is 1. The normalized spacial score (nSPS) is 19.6. The van der Waals surface area contributed by atoms with Crippen molar-refractivity contribution < 1.29 is 9.29 Å². The van der Waals surface area contributed by atoms with Gasteiger partial charge in [-0.15, -0.1) is 0 Å². The van der Waals surface area contributed by atoms with E-state index in [1.54, 1.807) is 0 Å². The predicted octanol–water partition coefficient (Wildman–Crippen LogP) is 1.13. The zero-order chi connectivity index (χ0) is 17.4. The molecule has 4 heterocycles. The molecular weight excluding hydrogens is 387 g/mol. The second-order valence-electron chi connectivity index (χ2n) is 5.76. The quantitative estimate of drug-likeness (QED) is 0.545. The van der Waals surface area contributed by atoms with Crippen LogP contribution in [0.4, 0.5) is 11.6 Å². The standard InChI is InChI=1S/C14H16Cl2N6O2S/c15-10-13(22-3-7-25(23)8-4-22)18-11-9(17-10)12(20-14(16)19-11)21-1-5-24-6-2-21/h1-8H2. The van der Waals surface area contributed by atoms with Gasteiger partial charge in [0.1, 0.15) is 11.5 Å². The first-order valence-corrected chi connectivity index (χ1v) is 10.2. The van der Waals surface area contributed by atoms with Gasteiger partial charge >= 0.3 is 0 Å². The van der Waals surface area contributed by atoms with Gasteiger partial charge < -0.3 is 19.1 Å². The van der Waals surface area contributed by atoms with Gasteiger partial charge in [-0.05, 0) is 11.6 Å². The minimum absolute atomic E-state index is 0.122. The van der Waals surface area contributed by atoms with Crippen LogP contribution in [0, 0.1) is 0 Å². The molecule has 2 fully saturated rings. The molecule has 2 aromatic rings.